The molecule has 24 heavy (non-hydrogen) atoms. The Bertz CT molecular complexity index is 801. The van der Waals surface area contributed by atoms with Crippen molar-refractivity contribution in [2.75, 3.05) is 0 Å². The SMILES string of the molecule is Cn1ncc2cc(/C=C/C(=O)NC3(C(=O)O)CCCCC3)ccc21. The summed E-state index contributed by atoms with van der Waals surface area (Å²) < 4.78 is 1.79. The third kappa shape index (κ3) is 3.18. The van der Waals surface area contributed by atoms with Gasteiger partial charge in [0.2, 0.25) is 5.91 Å². The number of hydrogen-bond donors (Lipinski definition) is 2. The van der Waals surface area contributed by atoms with E-state index in [1.807, 2.05) is 25.2 Å². The summed E-state index contributed by atoms with van der Waals surface area (Å²) >= 11 is 0. The lowest BCUT2D eigenvalue weighted by Crippen LogP contribution is -2.55. The smallest absolute Gasteiger partial charge is 0.329 e. The molecule has 3 rings (SSSR count). The molecule has 1 amide bonds. The van der Waals surface area contributed by atoms with Crippen molar-refractivity contribution in [3.8, 4) is 0 Å². The number of carboxylic acids is 1. The Kier molecular flexibility index (Phi) is 4.38. The number of nitrogens with zero attached hydrogens (tertiary/aromatic N) is 2. The molecule has 1 fully saturated rings. The lowest BCUT2D eigenvalue weighted by molar-refractivity contribution is -0.148. The summed E-state index contributed by atoms with van der Waals surface area (Å²) in [6.07, 6.45) is 8.52. The second-order valence-corrected chi connectivity index (χ2v) is 6.36. The first-order valence-corrected chi connectivity index (χ1v) is 8.16. The van der Waals surface area contributed by atoms with Gasteiger partial charge in [0.05, 0.1) is 11.7 Å². The first kappa shape index (κ1) is 16.2. The van der Waals surface area contributed by atoms with Gasteiger partial charge in [-0.25, -0.2) is 4.79 Å². The zero-order chi connectivity index (χ0) is 17.2. The van der Waals surface area contributed by atoms with Crippen molar-refractivity contribution in [1.29, 1.82) is 0 Å². The number of amides is 1. The minimum atomic E-state index is -1.12. The van der Waals surface area contributed by atoms with Crippen molar-refractivity contribution in [3.05, 3.63) is 36.0 Å². The first-order chi connectivity index (χ1) is 11.5. The second kappa shape index (κ2) is 6.47. The van der Waals surface area contributed by atoms with Crippen LogP contribution >= 0.6 is 0 Å². The average molecular weight is 327 g/mol. The van der Waals surface area contributed by atoms with Gasteiger partial charge in [-0.3, -0.25) is 9.48 Å². The van der Waals surface area contributed by atoms with Crippen molar-refractivity contribution < 1.29 is 14.7 Å². The van der Waals surface area contributed by atoms with E-state index in [9.17, 15) is 14.7 Å². The molecule has 2 aromatic rings. The molecule has 1 aromatic heterocycles. The molecule has 1 heterocycles. The summed E-state index contributed by atoms with van der Waals surface area (Å²) in [5.74, 6) is -1.31. The molecular formula is C18H21N3O3. The van der Waals surface area contributed by atoms with Crippen molar-refractivity contribution >= 4 is 28.9 Å². The maximum atomic E-state index is 12.2. The molecule has 0 saturated heterocycles. The third-order valence-electron chi connectivity index (χ3n) is 4.68. The van der Waals surface area contributed by atoms with Gasteiger partial charge in [0.1, 0.15) is 5.54 Å². The number of nitrogens with one attached hydrogen (secondary N) is 1. The summed E-state index contributed by atoms with van der Waals surface area (Å²) in [7, 11) is 1.88. The van der Waals surface area contributed by atoms with Crippen LogP contribution in [0.25, 0.3) is 17.0 Å². The van der Waals surface area contributed by atoms with Crippen LogP contribution in [0, 0.1) is 0 Å². The first-order valence-electron chi connectivity index (χ1n) is 8.16. The quantitative estimate of drug-likeness (QED) is 0.845. The number of rotatable bonds is 4. The van der Waals surface area contributed by atoms with E-state index >= 15 is 0 Å². The van der Waals surface area contributed by atoms with Crippen LogP contribution in [0.2, 0.25) is 0 Å². The molecule has 0 spiro atoms. The van der Waals surface area contributed by atoms with Crippen molar-refractivity contribution in [1.82, 2.24) is 15.1 Å². The number of hydrogen-bond acceptors (Lipinski definition) is 3. The molecule has 1 saturated carbocycles. The van der Waals surface area contributed by atoms with E-state index in [1.54, 1.807) is 17.0 Å². The Morgan fingerprint density at radius 3 is 2.75 bits per heavy atom. The minimum absolute atomic E-state index is 0.370. The number of aromatic nitrogens is 2. The highest BCUT2D eigenvalue weighted by atomic mass is 16.4. The number of aryl methyl sites for hydroxylation is 1. The number of aliphatic carboxylic acids is 1. The van der Waals surface area contributed by atoms with Gasteiger partial charge in [0.25, 0.3) is 0 Å². The van der Waals surface area contributed by atoms with Gasteiger partial charge in [-0.1, -0.05) is 25.3 Å². The number of carboxylic acid groups (broad SMARTS) is 1. The van der Waals surface area contributed by atoms with E-state index in [0.717, 1.165) is 35.7 Å². The molecule has 0 atom stereocenters. The van der Waals surface area contributed by atoms with Crippen molar-refractivity contribution in [2.24, 2.45) is 7.05 Å². The molecule has 1 aromatic carbocycles. The van der Waals surface area contributed by atoms with Crippen molar-refractivity contribution in [3.63, 3.8) is 0 Å². The maximum Gasteiger partial charge on any atom is 0.329 e. The standard InChI is InChI=1S/C18H21N3O3/c1-21-15-7-5-13(11-14(15)12-19-21)6-8-16(22)20-18(17(23)24)9-3-2-4-10-18/h5-8,11-12H,2-4,9-10H2,1H3,(H,20,22)(H,23,24)/b8-6+. The fraction of sp³-hybridized carbons (Fsp3) is 0.389. The summed E-state index contributed by atoms with van der Waals surface area (Å²) in [5, 5.41) is 17.4. The molecule has 0 radical (unpaired) electrons. The highest BCUT2D eigenvalue weighted by molar-refractivity contribution is 5.96. The highest BCUT2D eigenvalue weighted by Crippen LogP contribution is 2.28. The number of carbonyl (C=O) groups is 2. The van der Waals surface area contributed by atoms with Gasteiger partial charge >= 0.3 is 5.97 Å². The van der Waals surface area contributed by atoms with Crippen LogP contribution in [-0.4, -0.2) is 32.3 Å². The van der Waals surface area contributed by atoms with Gasteiger partial charge in [-0.15, -0.1) is 0 Å². The Hall–Kier alpha value is -2.63. The zero-order valence-corrected chi connectivity index (χ0v) is 13.7. The predicted molar refractivity (Wildman–Crippen MR) is 91.3 cm³/mol. The second-order valence-electron chi connectivity index (χ2n) is 6.36. The van der Waals surface area contributed by atoms with Crippen LogP contribution in [-0.2, 0) is 16.6 Å². The highest BCUT2D eigenvalue weighted by Gasteiger charge is 2.40. The molecule has 0 aliphatic heterocycles. The van der Waals surface area contributed by atoms with Gasteiger partial charge < -0.3 is 10.4 Å². The fourth-order valence-corrected chi connectivity index (χ4v) is 3.28. The Morgan fingerprint density at radius 2 is 2.04 bits per heavy atom. The number of benzene rings is 1. The van der Waals surface area contributed by atoms with E-state index in [-0.39, 0.29) is 5.91 Å². The topological polar surface area (TPSA) is 84.2 Å². The molecule has 0 unspecified atom stereocenters. The lowest BCUT2D eigenvalue weighted by atomic mass is 9.81. The zero-order valence-electron chi connectivity index (χ0n) is 13.7. The van der Waals surface area contributed by atoms with Crippen LogP contribution in [0.3, 0.4) is 0 Å². The van der Waals surface area contributed by atoms with Crippen LogP contribution in [0.1, 0.15) is 37.7 Å². The fourth-order valence-electron chi connectivity index (χ4n) is 3.28. The van der Waals surface area contributed by atoms with Crippen LogP contribution in [0.4, 0.5) is 0 Å². The van der Waals surface area contributed by atoms with E-state index < -0.39 is 11.5 Å². The summed E-state index contributed by atoms with van der Waals surface area (Å²) in [6.45, 7) is 0. The average Bonchev–Trinajstić information content (AvgIpc) is 2.94. The summed E-state index contributed by atoms with van der Waals surface area (Å²) in [5.41, 5.74) is 0.773. The minimum Gasteiger partial charge on any atom is -0.480 e. The lowest BCUT2D eigenvalue weighted by Gasteiger charge is -2.33. The Balaban J connectivity index is 1.72. The third-order valence-corrected chi connectivity index (χ3v) is 4.68. The number of carbonyl (C=O) groups excluding carboxylic acids is 1. The normalized spacial score (nSPS) is 17.2. The van der Waals surface area contributed by atoms with Crippen LogP contribution < -0.4 is 5.32 Å². The predicted octanol–water partition coefficient (Wildman–Crippen LogP) is 2.49. The van der Waals surface area contributed by atoms with Gasteiger partial charge in [-0.2, -0.15) is 5.10 Å². The van der Waals surface area contributed by atoms with E-state index in [2.05, 4.69) is 10.4 Å². The molecule has 6 nitrogen and oxygen atoms in total. The van der Waals surface area contributed by atoms with Gasteiger partial charge in [0.15, 0.2) is 0 Å². The van der Waals surface area contributed by atoms with Crippen LogP contribution in [0.15, 0.2) is 30.5 Å². The Morgan fingerprint density at radius 1 is 1.29 bits per heavy atom. The largest absolute Gasteiger partial charge is 0.480 e. The van der Waals surface area contributed by atoms with Crippen LogP contribution in [0.5, 0.6) is 0 Å². The molecule has 2 N–H and O–H groups in total. The molecule has 1 aliphatic rings. The van der Waals surface area contributed by atoms with Gasteiger partial charge in [-0.05, 0) is 36.6 Å². The van der Waals surface area contributed by atoms with Crippen molar-refractivity contribution in [2.45, 2.75) is 37.6 Å². The van der Waals surface area contributed by atoms with E-state index in [4.69, 9.17) is 0 Å². The maximum absolute atomic E-state index is 12.2. The van der Waals surface area contributed by atoms with Gasteiger partial charge in [0, 0.05) is 18.5 Å². The Labute approximate surface area is 140 Å². The summed E-state index contributed by atoms with van der Waals surface area (Å²) in [6, 6.07) is 5.79. The number of fused-ring (bicyclic) bond motifs is 1. The molecule has 0 bridgehead atoms. The molecule has 126 valence electrons. The monoisotopic (exact) mass is 327 g/mol. The molecule has 1 aliphatic carbocycles. The molecular weight excluding hydrogens is 306 g/mol. The van der Waals surface area contributed by atoms with E-state index in [1.165, 1.54) is 6.08 Å². The molecule has 6 heteroatoms. The van der Waals surface area contributed by atoms with E-state index in [0.29, 0.717) is 12.8 Å². The summed E-state index contributed by atoms with van der Waals surface area (Å²) in [4.78, 5) is 23.8.